The first-order chi connectivity index (χ1) is 10.8. The van der Waals surface area contributed by atoms with Gasteiger partial charge in [-0.15, -0.1) is 0 Å². The Hall–Kier alpha value is -2.09. The van der Waals surface area contributed by atoms with Crippen molar-refractivity contribution in [1.82, 2.24) is 0 Å². The van der Waals surface area contributed by atoms with E-state index in [4.69, 9.17) is 4.74 Å². The second-order valence-electron chi connectivity index (χ2n) is 5.53. The van der Waals surface area contributed by atoms with Crippen LogP contribution in [-0.2, 0) is 0 Å². The molecule has 0 saturated carbocycles. The molecule has 0 saturated heterocycles. The van der Waals surface area contributed by atoms with Gasteiger partial charge < -0.3 is 4.74 Å². The van der Waals surface area contributed by atoms with E-state index in [0.717, 1.165) is 29.9 Å². The molecule has 0 atom stereocenters. The van der Waals surface area contributed by atoms with Gasteiger partial charge in [-0.25, -0.2) is 0 Å². The minimum absolute atomic E-state index is 0.225. The molecule has 0 aromatic heterocycles. The van der Waals surface area contributed by atoms with E-state index in [1.807, 2.05) is 54.6 Å². The molecule has 0 heterocycles. The molecule has 0 amide bonds. The van der Waals surface area contributed by atoms with Gasteiger partial charge in [-0.3, -0.25) is 4.79 Å². The molecule has 2 aromatic rings. The number of ether oxygens (including phenoxy) is 1. The van der Waals surface area contributed by atoms with Crippen LogP contribution in [0.5, 0.6) is 11.5 Å². The van der Waals surface area contributed by atoms with Crippen LogP contribution in [0.1, 0.15) is 55.8 Å². The van der Waals surface area contributed by atoms with Crippen LogP contribution in [-0.4, -0.2) is 5.78 Å². The smallest absolute Gasteiger partial charge is 0.162 e. The lowest BCUT2D eigenvalue weighted by Crippen LogP contribution is -1.98. The van der Waals surface area contributed by atoms with Gasteiger partial charge in [0.05, 0.1) is 0 Å². The summed E-state index contributed by atoms with van der Waals surface area (Å²) in [5, 5.41) is 0. The molecule has 0 bridgehead atoms. The summed E-state index contributed by atoms with van der Waals surface area (Å²) in [7, 11) is 0. The van der Waals surface area contributed by atoms with E-state index in [9.17, 15) is 4.79 Å². The van der Waals surface area contributed by atoms with Gasteiger partial charge in [-0.1, -0.05) is 50.8 Å². The molecule has 0 aliphatic carbocycles. The van der Waals surface area contributed by atoms with Crippen molar-refractivity contribution in [3.63, 3.8) is 0 Å². The first-order valence-corrected chi connectivity index (χ1v) is 8.16. The van der Waals surface area contributed by atoms with Gasteiger partial charge in [0.1, 0.15) is 11.5 Å². The topological polar surface area (TPSA) is 26.3 Å². The van der Waals surface area contributed by atoms with E-state index in [0.29, 0.717) is 6.42 Å². The Kier molecular flexibility index (Phi) is 6.69. The number of Topliss-reactive ketones (excluding diaryl/α,β-unsaturated/α-hetero) is 1. The monoisotopic (exact) mass is 296 g/mol. The molecular weight excluding hydrogens is 272 g/mol. The van der Waals surface area contributed by atoms with E-state index in [-0.39, 0.29) is 5.78 Å². The Morgan fingerprint density at radius 1 is 0.818 bits per heavy atom. The van der Waals surface area contributed by atoms with Crippen LogP contribution in [0.4, 0.5) is 0 Å². The van der Waals surface area contributed by atoms with E-state index in [2.05, 4.69) is 6.92 Å². The van der Waals surface area contributed by atoms with Crippen LogP contribution >= 0.6 is 0 Å². The Morgan fingerprint density at radius 3 is 2.14 bits per heavy atom. The average molecular weight is 296 g/mol. The number of ketones is 1. The van der Waals surface area contributed by atoms with Crippen molar-refractivity contribution in [2.45, 2.75) is 45.4 Å². The Labute approximate surface area is 133 Å². The third-order valence-corrected chi connectivity index (χ3v) is 3.66. The van der Waals surface area contributed by atoms with Gasteiger partial charge in [0.15, 0.2) is 5.78 Å². The normalized spacial score (nSPS) is 10.4. The molecule has 2 nitrogen and oxygen atoms in total. The first kappa shape index (κ1) is 16.3. The molecular formula is C20H24O2. The minimum atomic E-state index is 0.225. The van der Waals surface area contributed by atoms with Crippen molar-refractivity contribution < 1.29 is 9.53 Å². The fourth-order valence-electron chi connectivity index (χ4n) is 2.37. The van der Waals surface area contributed by atoms with Gasteiger partial charge in [0.25, 0.3) is 0 Å². The highest BCUT2D eigenvalue weighted by Crippen LogP contribution is 2.21. The Balaban J connectivity index is 1.82. The standard InChI is InChI=1S/C20H24O2/c1-2-3-4-5-9-12-20(21)17-13-15-19(16-14-17)22-18-10-7-6-8-11-18/h6-8,10-11,13-16H,2-5,9,12H2,1H3. The molecule has 0 spiro atoms. The van der Waals surface area contributed by atoms with E-state index in [1.165, 1.54) is 19.3 Å². The zero-order valence-corrected chi connectivity index (χ0v) is 13.3. The second kappa shape index (κ2) is 9.04. The van der Waals surface area contributed by atoms with Crippen LogP contribution in [0, 0.1) is 0 Å². The van der Waals surface area contributed by atoms with Gasteiger partial charge >= 0.3 is 0 Å². The van der Waals surface area contributed by atoms with Crippen molar-refractivity contribution in [3.8, 4) is 11.5 Å². The highest BCUT2D eigenvalue weighted by Gasteiger charge is 2.06. The lowest BCUT2D eigenvalue weighted by Gasteiger charge is -2.06. The predicted molar refractivity (Wildman–Crippen MR) is 90.7 cm³/mol. The number of unbranched alkanes of at least 4 members (excludes halogenated alkanes) is 4. The van der Waals surface area contributed by atoms with Gasteiger partial charge in [-0.05, 0) is 42.8 Å². The van der Waals surface area contributed by atoms with Crippen molar-refractivity contribution in [3.05, 3.63) is 60.2 Å². The molecule has 2 rings (SSSR count). The van der Waals surface area contributed by atoms with E-state index < -0.39 is 0 Å². The summed E-state index contributed by atoms with van der Waals surface area (Å²) >= 11 is 0. The summed E-state index contributed by atoms with van der Waals surface area (Å²) < 4.78 is 5.73. The molecule has 0 aliphatic rings. The number of carbonyl (C=O) groups excluding carboxylic acids is 1. The van der Waals surface area contributed by atoms with Gasteiger partial charge in [0.2, 0.25) is 0 Å². The quantitative estimate of drug-likeness (QED) is 0.417. The first-order valence-electron chi connectivity index (χ1n) is 8.16. The zero-order chi connectivity index (χ0) is 15.6. The summed E-state index contributed by atoms with van der Waals surface area (Å²) in [6.45, 7) is 2.20. The Morgan fingerprint density at radius 2 is 1.45 bits per heavy atom. The largest absolute Gasteiger partial charge is 0.457 e. The van der Waals surface area contributed by atoms with Crippen LogP contribution in [0.2, 0.25) is 0 Å². The predicted octanol–water partition coefficient (Wildman–Crippen LogP) is 6.02. The minimum Gasteiger partial charge on any atom is -0.457 e. The maximum atomic E-state index is 12.1. The average Bonchev–Trinajstić information content (AvgIpc) is 2.56. The zero-order valence-electron chi connectivity index (χ0n) is 13.3. The van der Waals surface area contributed by atoms with Gasteiger partial charge in [-0.2, -0.15) is 0 Å². The molecule has 0 radical (unpaired) electrons. The lowest BCUT2D eigenvalue weighted by atomic mass is 10.0. The van der Waals surface area contributed by atoms with E-state index in [1.54, 1.807) is 0 Å². The van der Waals surface area contributed by atoms with Crippen molar-refractivity contribution in [2.75, 3.05) is 0 Å². The summed E-state index contributed by atoms with van der Waals surface area (Å²) in [4.78, 5) is 12.1. The molecule has 0 fully saturated rings. The maximum Gasteiger partial charge on any atom is 0.162 e. The molecule has 22 heavy (non-hydrogen) atoms. The third kappa shape index (κ3) is 5.36. The fraction of sp³-hybridized carbons (Fsp3) is 0.350. The van der Waals surface area contributed by atoms with Crippen molar-refractivity contribution in [2.24, 2.45) is 0 Å². The number of benzene rings is 2. The molecule has 2 heteroatoms. The number of rotatable bonds is 9. The highest BCUT2D eigenvalue weighted by atomic mass is 16.5. The summed E-state index contributed by atoms with van der Waals surface area (Å²) in [5.41, 5.74) is 0.774. The maximum absolute atomic E-state index is 12.1. The van der Waals surface area contributed by atoms with E-state index >= 15 is 0 Å². The molecule has 2 aromatic carbocycles. The van der Waals surface area contributed by atoms with Crippen LogP contribution < -0.4 is 4.74 Å². The summed E-state index contributed by atoms with van der Waals surface area (Å²) in [6, 6.07) is 17.1. The van der Waals surface area contributed by atoms with Crippen LogP contribution in [0.15, 0.2) is 54.6 Å². The summed E-state index contributed by atoms with van der Waals surface area (Å²) in [5.74, 6) is 1.78. The summed E-state index contributed by atoms with van der Waals surface area (Å²) in [6.07, 6.45) is 6.50. The highest BCUT2D eigenvalue weighted by molar-refractivity contribution is 5.96. The van der Waals surface area contributed by atoms with Gasteiger partial charge in [0, 0.05) is 12.0 Å². The molecule has 0 N–H and O–H groups in total. The molecule has 0 aliphatic heterocycles. The number of hydrogen-bond donors (Lipinski definition) is 0. The van der Waals surface area contributed by atoms with Crippen LogP contribution in [0.25, 0.3) is 0 Å². The van der Waals surface area contributed by atoms with Crippen molar-refractivity contribution >= 4 is 5.78 Å². The lowest BCUT2D eigenvalue weighted by molar-refractivity contribution is 0.0979. The fourth-order valence-corrected chi connectivity index (χ4v) is 2.37. The second-order valence-corrected chi connectivity index (χ2v) is 5.53. The van der Waals surface area contributed by atoms with Crippen molar-refractivity contribution in [1.29, 1.82) is 0 Å². The van der Waals surface area contributed by atoms with Crippen LogP contribution in [0.3, 0.4) is 0 Å². The number of carbonyl (C=O) groups is 1. The number of para-hydroxylation sites is 1. The molecule has 116 valence electrons. The third-order valence-electron chi connectivity index (χ3n) is 3.66. The SMILES string of the molecule is CCCCCCCC(=O)c1ccc(Oc2ccccc2)cc1. The Bertz CT molecular complexity index is 558. The number of hydrogen-bond acceptors (Lipinski definition) is 2. The molecule has 0 unspecified atom stereocenters.